The van der Waals surface area contributed by atoms with Crippen LogP contribution in [0.3, 0.4) is 0 Å². The van der Waals surface area contributed by atoms with Crippen molar-refractivity contribution in [3.63, 3.8) is 0 Å². The number of aromatic nitrogens is 1. The predicted octanol–water partition coefficient (Wildman–Crippen LogP) is 2.58. The van der Waals surface area contributed by atoms with E-state index in [0.717, 1.165) is 0 Å². The van der Waals surface area contributed by atoms with Crippen LogP contribution in [0.15, 0.2) is 29.9 Å². The van der Waals surface area contributed by atoms with E-state index in [4.69, 9.17) is 5.73 Å². The van der Waals surface area contributed by atoms with Gasteiger partial charge >= 0.3 is 0 Å². The lowest BCUT2D eigenvalue weighted by atomic mass is 10.2. The number of hydrogen-bond acceptors (Lipinski definition) is 3. The van der Waals surface area contributed by atoms with E-state index in [2.05, 4.69) is 22.5 Å². The van der Waals surface area contributed by atoms with Gasteiger partial charge < -0.3 is 5.73 Å². The van der Waals surface area contributed by atoms with Crippen molar-refractivity contribution >= 4 is 11.3 Å². The summed E-state index contributed by atoms with van der Waals surface area (Å²) in [4.78, 5) is 5.41. The molecule has 0 aromatic carbocycles. The Labute approximate surface area is 87.4 Å². The average molecular weight is 204 g/mol. The van der Waals surface area contributed by atoms with Gasteiger partial charge in [0.1, 0.15) is 0 Å². The molecule has 0 unspecified atom stereocenters. The first-order valence-electron chi connectivity index (χ1n) is 4.49. The first kappa shape index (κ1) is 9.37. The molecule has 0 amide bonds. The molecule has 0 atom stereocenters. The molecule has 0 spiro atoms. The minimum absolute atomic E-state index is 0.607. The number of rotatable bonds is 2. The molecule has 3 heteroatoms. The molecule has 2 aromatic rings. The highest BCUT2D eigenvalue weighted by atomic mass is 32.1. The third-order valence-corrected chi connectivity index (χ3v) is 3.08. The number of thiophene rings is 1. The molecule has 0 saturated heterocycles. The molecule has 0 aliphatic carbocycles. The van der Waals surface area contributed by atoms with E-state index in [-0.39, 0.29) is 0 Å². The summed E-state index contributed by atoms with van der Waals surface area (Å²) >= 11 is 1.72. The Kier molecular flexibility index (Phi) is 2.61. The fraction of sp³-hybridized carbons (Fsp3) is 0.182. The zero-order valence-electron chi connectivity index (χ0n) is 8.03. The van der Waals surface area contributed by atoms with E-state index in [1.165, 1.54) is 21.6 Å². The summed E-state index contributed by atoms with van der Waals surface area (Å²) in [5.41, 5.74) is 9.11. The molecular weight excluding hydrogens is 192 g/mol. The summed E-state index contributed by atoms with van der Waals surface area (Å²) < 4.78 is 0. The van der Waals surface area contributed by atoms with E-state index >= 15 is 0 Å². The van der Waals surface area contributed by atoms with E-state index in [1.807, 2.05) is 19.3 Å². The Morgan fingerprint density at radius 3 is 2.86 bits per heavy atom. The van der Waals surface area contributed by atoms with Gasteiger partial charge in [0.15, 0.2) is 0 Å². The lowest BCUT2D eigenvalue weighted by molar-refractivity contribution is 1.08. The second kappa shape index (κ2) is 3.90. The zero-order chi connectivity index (χ0) is 9.97. The smallest absolute Gasteiger partial charge is 0.0361 e. The third kappa shape index (κ3) is 1.84. The molecule has 0 aliphatic heterocycles. The summed E-state index contributed by atoms with van der Waals surface area (Å²) in [7, 11) is 0. The van der Waals surface area contributed by atoms with Crippen molar-refractivity contribution in [1.82, 2.24) is 4.98 Å². The molecule has 2 rings (SSSR count). The van der Waals surface area contributed by atoms with Gasteiger partial charge in [-0.25, -0.2) is 0 Å². The molecule has 2 N–H and O–H groups in total. The quantitative estimate of drug-likeness (QED) is 0.816. The maximum atomic E-state index is 5.56. The molecule has 0 fully saturated rings. The van der Waals surface area contributed by atoms with Crippen LogP contribution in [0.5, 0.6) is 0 Å². The second-order valence-electron chi connectivity index (χ2n) is 3.27. The zero-order valence-corrected chi connectivity index (χ0v) is 8.84. The molecule has 2 heterocycles. The maximum Gasteiger partial charge on any atom is 0.0361 e. The van der Waals surface area contributed by atoms with Crippen LogP contribution in [0.25, 0.3) is 10.4 Å². The van der Waals surface area contributed by atoms with E-state index in [9.17, 15) is 0 Å². The van der Waals surface area contributed by atoms with Crippen molar-refractivity contribution in [1.29, 1.82) is 0 Å². The van der Waals surface area contributed by atoms with Gasteiger partial charge in [0, 0.05) is 29.4 Å². The van der Waals surface area contributed by atoms with Crippen LogP contribution in [-0.4, -0.2) is 4.98 Å². The monoisotopic (exact) mass is 204 g/mol. The molecule has 0 bridgehead atoms. The van der Waals surface area contributed by atoms with Crippen molar-refractivity contribution < 1.29 is 0 Å². The van der Waals surface area contributed by atoms with Gasteiger partial charge in [-0.1, -0.05) is 0 Å². The second-order valence-corrected chi connectivity index (χ2v) is 4.19. The van der Waals surface area contributed by atoms with Crippen LogP contribution in [-0.2, 0) is 6.54 Å². The minimum atomic E-state index is 0.607. The van der Waals surface area contributed by atoms with Gasteiger partial charge in [-0.3, -0.25) is 4.98 Å². The van der Waals surface area contributed by atoms with Crippen LogP contribution in [0.1, 0.15) is 11.1 Å². The Hall–Kier alpha value is -1.19. The summed E-state index contributed by atoms with van der Waals surface area (Å²) in [6.07, 6.45) is 3.75. The number of pyridine rings is 1. The lowest BCUT2D eigenvalue weighted by Gasteiger charge is -1.97. The van der Waals surface area contributed by atoms with Crippen molar-refractivity contribution in [3.8, 4) is 10.4 Å². The van der Waals surface area contributed by atoms with E-state index < -0.39 is 0 Å². The van der Waals surface area contributed by atoms with Crippen LogP contribution < -0.4 is 5.73 Å². The van der Waals surface area contributed by atoms with Crippen LogP contribution in [0.4, 0.5) is 0 Å². The van der Waals surface area contributed by atoms with Gasteiger partial charge in [-0.15, -0.1) is 11.3 Å². The van der Waals surface area contributed by atoms with Crippen LogP contribution >= 0.6 is 11.3 Å². The number of hydrogen-bond donors (Lipinski definition) is 1. The Morgan fingerprint density at radius 2 is 2.21 bits per heavy atom. The molecular formula is C11H12N2S. The standard InChI is InChI=1S/C11H12N2S/c1-8-2-10(6-13-5-8)11-3-9(4-12)7-14-11/h2-3,5-7H,4,12H2,1H3. The lowest BCUT2D eigenvalue weighted by Crippen LogP contribution is -1.92. The van der Waals surface area contributed by atoms with E-state index in [0.29, 0.717) is 6.54 Å². The van der Waals surface area contributed by atoms with Gasteiger partial charge in [-0.2, -0.15) is 0 Å². The molecule has 2 nitrogen and oxygen atoms in total. The molecule has 0 aliphatic rings. The topological polar surface area (TPSA) is 38.9 Å². The molecule has 0 radical (unpaired) electrons. The first-order valence-corrected chi connectivity index (χ1v) is 5.37. The number of aryl methyl sites for hydroxylation is 1. The molecule has 72 valence electrons. The van der Waals surface area contributed by atoms with Crippen molar-refractivity contribution in [2.45, 2.75) is 13.5 Å². The van der Waals surface area contributed by atoms with Gasteiger partial charge in [0.2, 0.25) is 0 Å². The van der Waals surface area contributed by atoms with E-state index in [1.54, 1.807) is 11.3 Å². The fourth-order valence-corrected chi connectivity index (χ4v) is 2.23. The molecule has 14 heavy (non-hydrogen) atoms. The highest BCUT2D eigenvalue weighted by Crippen LogP contribution is 2.26. The first-order chi connectivity index (χ1) is 6.79. The number of nitrogens with two attached hydrogens (primary N) is 1. The largest absolute Gasteiger partial charge is 0.326 e. The Morgan fingerprint density at radius 1 is 1.36 bits per heavy atom. The van der Waals surface area contributed by atoms with Gasteiger partial charge in [0.05, 0.1) is 0 Å². The molecule has 2 aromatic heterocycles. The summed E-state index contributed by atoms with van der Waals surface area (Å²) in [5, 5.41) is 2.09. The van der Waals surface area contributed by atoms with Gasteiger partial charge in [-0.05, 0) is 35.6 Å². The highest BCUT2D eigenvalue weighted by Gasteiger charge is 2.01. The third-order valence-electron chi connectivity index (χ3n) is 2.05. The maximum absolute atomic E-state index is 5.56. The summed E-state index contributed by atoms with van der Waals surface area (Å²) in [5.74, 6) is 0. The minimum Gasteiger partial charge on any atom is -0.326 e. The van der Waals surface area contributed by atoms with Crippen molar-refractivity contribution in [3.05, 3.63) is 41.0 Å². The molecule has 0 saturated carbocycles. The van der Waals surface area contributed by atoms with Crippen LogP contribution in [0, 0.1) is 6.92 Å². The average Bonchev–Trinajstić information content (AvgIpc) is 2.66. The predicted molar refractivity (Wildman–Crippen MR) is 60.2 cm³/mol. The number of nitrogens with zero attached hydrogens (tertiary/aromatic N) is 1. The SMILES string of the molecule is Cc1cncc(-c2cc(CN)cs2)c1. The van der Waals surface area contributed by atoms with Gasteiger partial charge in [0.25, 0.3) is 0 Å². The normalized spacial score (nSPS) is 10.4. The fourth-order valence-electron chi connectivity index (χ4n) is 1.32. The van der Waals surface area contributed by atoms with Crippen molar-refractivity contribution in [2.24, 2.45) is 5.73 Å². The van der Waals surface area contributed by atoms with Crippen molar-refractivity contribution in [2.75, 3.05) is 0 Å². The summed E-state index contributed by atoms with van der Waals surface area (Å²) in [6, 6.07) is 4.26. The Bertz CT molecular complexity index is 434. The highest BCUT2D eigenvalue weighted by molar-refractivity contribution is 7.13. The summed E-state index contributed by atoms with van der Waals surface area (Å²) in [6.45, 7) is 2.66. The van der Waals surface area contributed by atoms with Crippen LogP contribution in [0.2, 0.25) is 0 Å². The Balaban J connectivity index is 2.39.